The minimum atomic E-state index is -1.01. The Balaban J connectivity index is 2.56. The molecular weight excluding hydrogens is 166 g/mol. The van der Waals surface area contributed by atoms with Gasteiger partial charge < -0.3 is 10.2 Å². The molecular formula is C6H7NO3S. The van der Waals surface area contributed by atoms with E-state index in [1.165, 1.54) is 6.20 Å². The molecule has 11 heavy (non-hydrogen) atoms. The van der Waals surface area contributed by atoms with Crippen molar-refractivity contribution in [3.8, 4) is 0 Å². The van der Waals surface area contributed by atoms with E-state index < -0.39 is 12.1 Å². The number of hydrogen-bond acceptors (Lipinski definition) is 4. The van der Waals surface area contributed by atoms with Gasteiger partial charge in [-0.2, -0.15) is 0 Å². The van der Waals surface area contributed by atoms with Crippen LogP contribution in [0.2, 0.25) is 0 Å². The number of rotatable bonds is 3. The van der Waals surface area contributed by atoms with Crippen LogP contribution >= 0.6 is 11.5 Å². The average molecular weight is 173 g/mol. The van der Waals surface area contributed by atoms with Crippen LogP contribution in [0.1, 0.15) is 17.4 Å². The lowest BCUT2D eigenvalue weighted by Gasteiger charge is -2.01. The van der Waals surface area contributed by atoms with Crippen LogP contribution in [0.5, 0.6) is 0 Å². The summed E-state index contributed by atoms with van der Waals surface area (Å²) < 4.78 is 3.74. The largest absolute Gasteiger partial charge is 0.481 e. The Labute approximate surface area is 67.3 Å². The highest BCUT2D eigenvalue weighted by Gasteiger charge is 2.12. The topological polar surface area (TPSA) is 70.4 Å². The van der Waals surface area contributed by atoms with Gasteiger partial charge in [-0.3, -0.25) is 4.79 Å². The smallest absolute Gasteiger partial charge is 0.306 e. The second-order valence-electron chi connectivity index (χ2n) is 2.03. The third-order valence-electron chi connectivity index (χ3n) is 1.15. The zero-order chi connectivity index (χ0) is 8.27. The zero-order valence-corrected chi connectivity index (χ0v) is 6.41. The second-order valence-corrected chi connectivity index (χ2v) is 2.89. The molecule has 0 bridgehead atoms. The van der Waals surface area contributed by atoms with Crippen LogP contribution in [-0.4, -0.2) is 20.6 Å². The summed E-state index contributed by atoms with van der Waals surface area (Å²) in [5.74, 6) is -1.01. The Morgan fingerprint density at radius 3 is 3.00 bits per heavy atom. The molecule has 1 heterocycles. The predicted octanol–water partition coefficient (Wildman–Crippen LogP) is 0.651. The molecule has 1 aromatic heterocycles. The van der Waals surface area contributed by atoms with E-state index in [9.17, 15) is 4.79 Å². The SMILES string of the molecule is O=C(O)CC(O)c1ccns1. The number of aliphatic hydroxyl groups is 1. The van der Waals surface area contributed by atoms with Gasteiger partial charge in [0.15, 0.2) is 0 Å². The minimum Gasteiger partial charge on any atom is -0.481 e. The van der Waals surface area contributed by atoms with Crippen LogP contribution in [0.4, 0.5) is 0 Å². The molecule has 0 fully saturated rings. The normalized spacial score (nSPS) is 12.8. The Hall–Kier alpha value is -0.940. The lowest BCUT2D eigenvalue weighted by Crippen LogP contribution is -2.03. The van der Waals surface area contributed by atoms with Crippen molar-refractivity contribution in [1.82, 2.24) is 4.37 Å². The lowest BCUT2D eigenvalue weighted by atomic mass is 10.2. The molecule has 1 aromatic rings. The molecule has 0 aliphatic rings. The first kappa shape index (κ1) is 8.16. The highest BCUT2D eigenvalue weighted by Crippen LogP contribution is 2.18. The van der Waals surface area contributed by atoms with Gasteiger partial charge in [-0.05, 0) is 17.6 Å². The molecule has 0 spiro atoms. The summed E-state index contributed by atoms with van der Waals surface area (Å²) in [5, 5.41) is 17.5. The summed E-state index contributed by atoms with van der Waals surface area (Å²) in [6.45, 7) is 0. The first-order valence-corrected chi connectivity index (χ1v) is 3.78. The maximum atomic E-state index is 10.1. The molecule has 60 valence electrons. The number of aromatic nitrogens is 1. The average Bonchev–Trinajstić information content (AvgIpc) is 2.35. The number of aliphatic carboxylic acids is 1. The summed E-state index contributed by atoms with van der Waals surface area (Å²) in [7, 11) is 0. The molecule has 1 rings (SSSR count). The van der Waals surface area contributed by atoms with Crippen molar-refractivity contribution < 1.29 is 15.0 Å². The Morgan fingerprint density at radius 2 is 2.55 bits per heavy atom. The van der Waals surface area contributed by atoms with E-state index in [0.29, 0.717) is 4.88 Å². The maximum Gasteiger partial charge on any atom is 0.306 e. The van der Waals surface area contributed by atoms with Gasteiger partial charge >= 0.3 is 5.97 Å². The van der Waals surface area contributed by atoms with E-state index in [0.717, 1.165) is 11.5 Å². The van der Waals surface area contributed by atoms with E-state index >= 15 is 0 Å². The van der Waals surface area contributed by atoms with Crippen molar-refractivity contribution in [2.45, 2.75) is 12.5 Å². The standard InChI is InChI=1S/C6H7NO3S/c8-4(3-6(9)10)5-1-2-7-11-5/h1-2,4,8H,3H2,(H,9,10). The summed E-state index contributed by atoms with van der Waals surface area (Å²) in [4.78, 5) is 10.7. The van der Waals surface area contributed by atoms with Crippen LogP contribution in [0, 0.1) is 0 Å². The van der Waals surface area contributed by atoms with Gasteiger partial charge in [-0.25, -0.2) is 4.37 Å². The zero-order valence-electron chi connectivity index (χ0n) is 5.60. The van der Waals surface area contributed by atoms with Crippen LogP contribution in [0.15, 0.2) is 12.3 Å². The van der Waals surface area contributed by atoms with Crippen molar-refractivity contribution in [2.75, 3.05) is 0 Å². The van der Waals surface area contributed by atoms with Gasteiger partial charge in [0.05, 0.1) is 11.3 Å². The lowest BCUT2D eigenvalue weighted by molar-refractivity contribution is -0.139. The number of carbonyl (C=O) groups is 1. The molecule has 0 saturated heterocycles. The van der Waals surface area contributed by atoms with Gasteiger partial charge in [0.1, 0.15) is 6.10 Å². The third kappa shape index (κ3) is 2.28. The van der Waals surface area contributed by atoms with Gasteiger partial charge in [0.2, 0.25) is 0 Å². The van der Waals surface area contributed by atoms with E-state index in [2.05, 4.69) is 4.37 Å². The molecule has 1 unspecified atom stereocenters. The molecule has 0 aliphatic carbocycles. The van der Waals surface area contributed by atoms with Crippen molar-refractivity contribution in [3.63, 3.8) is 0 Å². The number of aliphatic hydroxyl groups excluding tert-OH is 1. The molecule has 2 N–H and O–H groups in total. The van der Waals surface area contributed by atoms with E-state index in [1.807, 2.05) is 0 Å². The molecule has 0 aliphatic heterocycles. The van der Waals surface area contributed by atoms with Crippen molar-refractivity contribution in [1.29, 1.82) is 0 Å². The Morgan fingerprint density at radius 1 is 1.82 bits per heavy atom. The number of carboxylic acids is 1. The molecule has 0 amide bonds. The fraction of sp³-hybridized carbons (Fsp3) is 0.333. The number of nitrogens with zero attached hydrogens (tertiary/aromatic N) is 1. The second kappa shape index (κ2) is 3.45. The van der Waals surface area contributed by atoms with E-state index in [4.69, 9.17) is 10.2 Å². The molecule has 1 atom stereocenters. The van der Waals surface area contributed by atoms with Crippen molar-refractivity contribution in [3.05, 3.63) is 17.1 Å². The number of carboxylic acid groups (broad SMARTS) is 1. The quantitative estimate of drug-likeness (QED) is 0.704. The monoisotopic (exact) mass is 173 g/mol. The van der Waals surface area contributed by atoms with Gasteiger partial charge in [-0.1, -0.05) is 0 Å². The van der Waals surface area contributed by atoms with Gasteiger partial charge in [-0.15, -0.1) is 0 Å². The highest BCUT2D eigenvalue weighted by atomic mass is 32.1. The summed E-state index contributed by atoms with van der Waals surface area (Å²) in [6.07, 6.45) is 0.354. The molecule has 0 aromatic carbocycles. The Kier molecular flexibility index (Phi) is 2.56. The van der Waals surface area contributed by atoms with Crippen molar-refractivity contribution in [2.24, 2.45) is 0 Å². The molecule has 0 radical (unpaired) electrons. The fourth-order valence-corrected chi connectivity index (χ4v) is 1.23. The van der Waals surface area contributed by atoms with Crippen LogP contribution in [-0.2, 0) is 4.79 Å². The fourth-order valence-electron chi connectivity index (χ4n) is 0.664. The van der Waals surface area contributed by atoms with Gasteiger partial charge in [0, 0.05) is 6.20 Å². The molecule has 0 saturated carbocycles. The molecule has 4 nitrogen and oxygen atoms in total. The summed E-state index contributed by atoms with van der Waals surface area (Å²) >= 11 is 1.11. The van der Waals surface area contributed by atoms with E-state index in [1.54, 1.807) is 6.07 Å². The minimum absolute atomic E-state index is 0.262. The van der Waals surface area contributed by atoms with Crippen molar-refractivity contribution >= 4 is 17.5 Å². The van der Waals surface area contributed by atoms with E-state index in [-0.39, 0.29) is 6.42 Å². The maximum absolute atomic E-state index is 10.1. The molecule has 5 heteroatoms. The van der Waals surface area contributed by atoms with Gasteiger partial charge in [0.25, 0.3) is 0 Å². The Bertz CT molecular complexity index is 234. The third-order valence-corrected chi connectivity index (χ3v) is 2.00. The summed E-state index contributed by atoms with van der Waals surface area (Å²) in [5.41, 5.74) is 0. The predicted molar refractivity (Wildman–Crippen MR) is 39.3 cm³/mol. The van der Waals surface area contributed by atoms with Crippen LogP contribution in [0.25, 0.3) is 0 Å². The number of hydrogen-bond donors (Lipinski definition) is 2. The first-order valence-electron chi connectivity index (χ1n) is 3.00. The first-order chi connectivity index (χ1) is 5.20. The van der Waals surface area contributed by atoms with Crippen LogP contribution in [0.3, 0.4) is 0 Å². The summed E-state index contributed by atoms with van der Waals surface area (Å²) in [6, 6.07) is 1.61. The highest BCUT2D eigenvalue weighted by molar-refractivity contribution is 7.05. The van der Waals surface area contributed by atoms with Crippen LogP contribution < -0.4 is 0 Å².